The van der Waals surface area contributed by atoms with Crippen LogP contribution in [0.1, 0.15) is 44.9 Å². The maximum absolute atomic E-state index is 11.8. The van der Waals surface area contributed by atoms with Gasteiger partial charge in [-0.1, -0.05) is 0 Å². The highest BCUT2D eigenvalue weighted by atomic mass is 32.1. The van der Waals surface area contributed by atoms with Crippen LogP contribution in [-0.4, -0.2) is 17.2 Å². The predicted molar refractivity (Wildman–Crippen MR) is 67.5 cm³/mol. The minimum absolute atomic E-state index is 0.189. The summed E-state index contributed by atoms with van der Waals surface area (Å²) in [6.45, 7) is 0. The summed E-state index contributed by atoms with van der Waals surface area (Å²) >= 11 is 4.13. The number of carbonyl (C=O) groups is 1. The van der Waals surface area contributed by atoms with Gasteiger partial charge in [0.2, 0.25) is 5.91 Å². The van der Waals surface area contributed by atoms with E-state index in [0.717, 1.165) is 17.8 Å². The largest absolute Gasteiger partial charge is 0.351 e. The zero-order valence-electron chi connectivity index (χ0n) is 9.74. The Kier molecular flexibility index (Phi) is 2.69. The van der Waals surface area contributed by atoms with E-state index in [1.165, 1.54) is 38.5 Å². The molecule has 0 atom stereocenters. The fourth-order valence-corrected chi connectivity index (χ4v) is 4.93. The van der Waals surface area contributed by atoms with Crippen LogP contribution in [0.5, 0.6) is 0 Å². The van der Waals surface area contributed by atoms with Gasteiger partial charge >= 0.3 is 0 Å². The number of hydrogen-bond donors (Lipinski definition) is 2. The van der Waals surface area contributed by atoms with Crippen molar-refractivity contribution in [1.29, 1.82) is 0 Å². The standard InChI is InChI=1S/C13H21NOS/c15-12(1-2-16)14-13-6-9-3-10(7-13)5-11(4-9)8-13/h9-11,16H,1-8H2,(H,14,15). The molecule has 4 saturated carbocycles. The molecule has 0 spiro atoms. The first kappa shape index (κ1) is 10.9. The second-order valence-electron chi connectivity index (χ2n) is 6.22. The monoisotopic (exact) mass is 239 g/mol. The molecule has 0 aromatic heterocycles. The van der Waals surface area contributed by atoms with Crippen molar-refractivity contribution in [2.75, 3.05) is 5.75 Å². The van der Waals surface area contributed by atoms with E-state index in [9.17, 15) is 4.79 Å². The quantitative estimate of drug-likeness (QED) is 0.728. The number of nitrogens with one attached hydrogen (secondary N) is 1. The zero-order chi connectivity index (χ0) is 11.2. The van der Waals surface area contributed by atoms with E-state index in [4.69, 9.17) is 0 Å². The van der Waals surface area contributed by atoms with Crippen molar-refractivity contribution in [2.45, 2.75) is 50.5 Å². The van der Waals surface area contributed by atoms with Gasteiger partial charge in [-0.2, -0.15) is 12.6 Å². The van der Waals surface area contributed by atoms with Crippen LogP contribution in [0, 0.1) is 17.8 Å². The maximum atomic E-state index is 11.8. The van der Waals surface area contributed by atoms with E-state index in [1.54, 1.807) is 0 Å². The molecule has 90 valence electrons. The van der Waals surface area contributed by atoms with E-state index in [0.29, 0.717) is 12.2 Å². The molecule has 2 nitrogen and oxygen atoms in total. The second kappa shape index (κ2) is 3.94. The van der Waals surface area contributed by atoms with Crippen molar-refractivity contribution in [3.8, 4) is 0 Å². The van der Waals surface area contributed by atoms with Gasteiger partial charge in [0.15, 0.2) is 0 Å². The molecule has 0 saturated heterocycles. The molecular formula is C13H21NOS. The average Bonchev–Trinajstić information content (AvgIpc) is 2.13. The van der Waals surface area contributed by atoms with Crippen LogP contribution in [0.15, 0.2) is 0 Å². The lowest BCUT2D eigenvalue weighted by Crippen LogP contribution is -2.59. The van der Waals surface area contributed by atoms with Gasteiger partial charge in [0.1, 0.15) is 0 Å². The lowest BCUT2D eigenvalue weighted by atomic mass is 9.53. The summed E-state index contributed by atoms with van der Waals surface area (Å²) in [5.41, 5.74) is 0.189. The summed E-state index contributed by atoms with van der Waals surface area (Å²) in [6.07, 6.45) is 8.61. The Morgan fingerprint density at radius 1 is 1.12 bits per heavy atom. The predicted octanol–water partition coefficient (Wildman–Crippen LogP) is 2.39. The van der Waals surface area contributed by atoms with Gasteiger partial charge in [-0.3, -0.25) is 4.79 Å². The van der Waals surface area contributed by atoms with Crippen molar-refractivity contribution >= 4 is 18.5 Å². The molecule has 0 radical (unpaired) electrons. The molecule has 16 heavy (non-hydrogen) atoms. The third kappa shape index (κ3) is 1.87. The molecule has 0 aliphatic heterocycles. The van der Waals surface area contributed by atoms with Crippen molar-refractivity contribution in [3.63, 3.8) is 0 Å². The zero-order valence-corrected chi connectivity index (χ0v) is 10.6. The Morgan fingerprint density at radius 2 is 1.62 bits per heavy atom. The maximum Gasteiger partial charge on any atom is 0.221 e. The van der Waals surface area contributed by atoms with Crippen LogP contribution in [0.25, 0.3) is 0 Å². The molecular weight excluding hydrogens is 218 g/mol. The molecule has 3 heteroatoms. The summed E-state index contributed by atoms with van der Waals surface area (Å²) in [5.74, 6) is 3.60. The number of hydrogen-bond acceptors (Lipinski definition) is 2. The first-order valence-electron chi connectivity index (χ1n) is 6.61. The van der Waals surface area contributed by atoms with E-state index in [1.807, 2.05) is 0 Å². The average molecular weight is 239 g/mol. The minimum atomic E-state index is 0.189. The van der Waals surface area contributed by atoms with Gasteiger partial charge < -0.3 is 5.32 Å². The summed E-state index contributed by atoms with van der Waals surface area (Å²) < 4.78 is 0. The van der Waals surface area contributed by atoms with Gasteiger partial charge in [-0.05, 0) is 62.0 Å². The number of amides is 1. The fourth-order valence-electron chi connectivity index (χ4n) is 4.72. The fraction of sp³-hybridized carbons (Fsp3) is 0.923. The normalized spacial score (nSPS) is 44.7. The van der Waals surface area contributed by atoms with Crippen LogP contribution >= 0.6 is 12.6 Å². The van der Waals surface area contributed by atoms with Crippen LogP contribution in [0.4, 0.5) is 0 Å². The van der Waals surface area contributed by atoms with Crippen LogP contribution in [0.2, 0.25) is 0 Å². The number of carbonyl (C=O) groups excluding carboxylic acids is 1. The SMILES string of the molecule is O=C(CCS)NC12CC3CC(CC(C3)C1)C2. The minimum Gasteiger partial charge on any atom is -0.351 e. The van der Waals surface area contributed by atoms with Crippen molar-refractivity contribution in [3.05, 3.63) is 0 Å². The Bertz CT molecular complexity index is 267. The third-order valence-electron chi connectivity index (χ3n) is 4.78. The lowest BCUT2D eigenvalue weighted by molar-refractivity contribution is -0.126. The van der Waals surface area contributed by atoms with Crippen molar-refractivity contribution in [1.82, 2.24) is 5.32 Å². The van der Waals surface area contributed by atoms with Gasteiger partial charge in [0.25, 0.3) is 0 Å². The first-order valence-corrected chi connectivity index (χ1v) is 7.24. The van der Waals surface area contributed by atoms with Gasteiger partial charge in [0, 0.05) is 12.0 Å². The molecule has 0 aromatic carbocycles. The highest BCUT2D eigenvalue weighted by Crippen LogP contribution is 2.55. The Morgan fingerprint density at radius 3 is 2.06 bits per heavy atom. The summed E-state index contributed by atoms with van der Waals surface area (Å²) in [5, 5.41) is 3.34. The Labute approximate surface area is 103 Å². The molecule has 4 rings (SSSR count). The van der Waals surface area contributed by atoms with Crippen LogP contribution in [0.3, 0.4) is 0 Å². The highest BCUT2D eigenvalue weighted by Gasteiger charge is 2.51. The Balaban J connectivity index is 1.71. The molecule has 4 fully saturated rings. The van der Waals surface area contributed by atoms with Gasteiger partial charge in [-0.25, -0.2) is 0 Å². The molecule has 4 aliphatic rings. The van der Waals surface area contributed by atoms with E-state index < -0.39 is 0 Å². The summed E-state index contributed by atoms with van der Waals surface area (Å²) in [7, 11) is 0. The van der Waals surface area contributed by atoms with Crippen LogP contribution < -0.4 is 5.32 Å². The van der Waals surface area contributed by atoms with E-state index in [-0.39, 0.29) is 11.4 Å². The smallest absolute Gasteiger partial charge is 0.221 e. The van der Waals surface area contributed by atoms with Crippen LogP contribution in [-0.2, 0) is 4.79 Å². The van der Waals surface area contributed by atoms with Crippen molar-refractivity contribution in [2.24, 2.45) is 17.8 Å². The molecule has 0 unspecified atom stereocenters. The Hall–Kier alpha value is -0.180. The van der Waals surface area contributed by atoms with Gasteiger partial charge in [-0.15, -0.1) is 0 Å². The molecule has 4 bridgehead atoms. The second-order valence-corrected chi connectivity index (χ2v) is 6.67. The highest BCUT2D eigenvalue weighted by molar-refractivity contribution is 7.80. The molecule has 1 N–H and O–H groups in total. The molecule has 0 heterocycles. The number of thiol groups is 1. The lowest BCUT2D eigenvalue weighted by Gasteiger charge is -2.56. The summed E-state index contributed by atoms with van der Waals surface area (Å²) in [4.78, 5) is 11.8. The van der Waals surface area contributed by atoms with E-state index >= 15 is 0 Å². The molecule has 4 aliphatic carbocycles. The summed E-state index contributed by atoms with van der Waals surface area (Å²) in [6, 6.07) is 0. The van der Waals surface area contributed by atoms with E-state index in [2.05, 4.69) is 17.9 Å². The first-order chi connectivity index (χ1) is 7.69. The molecule has 0 aromatic rings. The third-order valence-corrected chi connectivity index (χ3v) is 5.01. The molecule has 1 amide bonds. The van der Waals surface area contributed by atoms with Gasteiger partial charge in [0.05, 0.1) is 0 Å². The topological polar surface area (TPSA) is 29.1 Å². The number of rotatable bonds is 3. The van der Waals surface area contributed by atoms with Crippen molar-refractivity contribution < 1.29 is 4.79 Å².